The number of rotatable bonds is 4. The zero-order valence-corrected chi connectivity index (χ0v) is 15.3. The van der Waals surface area contributed by atoms with Crippen molar-refractivity contribution in [2.45, 2.75) is 58.4 Å². The molecule has 2 unspecified atom stereocenters. The van der Waals surface area contributed by atoms with Gasteiger partial charge in [-0.25, -0.2) is 4.68 Å². The summed E-state index contributed by atoms with van der Waals surface area (Å²) in [6, 6.07) is 10.3. The maximum atomic E-state index is 12.7. The summed E-state index contributed by atoms with van der Waals surface area (Å²) in [6.45, 7) is 6.27. The van der Waals surface area contributed by atoms with Crippen LogP contribution in [0.25, 0.3) is 5.69 Å². The van der Waals surface area contributed by atoms with Gasteiger partial charge in [-0.1, -0.05) is 38.0 Å². The number of nitrogens with two attached hydrogens (primary N) is 1. The third kappa shape index (κ3) is 4.10. The fraction of sp³-hybridized carbons (Fsp3) is 0.500. The Morgan fingerprint density at radius 1 is 1.28 bits per heavy atom. The van der Waals surface area contributed by atoms with Gasteiger partial charge in [0.2, 0.25) is 5.91 Å². The summed E-state index contributed by atoms with van der Waals surface area (Å²) in [6.07, 6.45) is 3.72. The normalized spacial score (nSPS) is 20.7. The Bertz CT molecular complexity index is 733. The third-order valence-corrected chi connectivity index (χ3v) is 4.94. The maximum absolute atomic E-state index is 12.7. The van der Waals surface area contributed by atoms with E-state index in [-0.39, 0.29) is 17.9 Å². The summed E-state index contributed by atoms with van der Waals surface area (Å²) >= 11 is 0. The summed E-state index contributed by atoms with van der Waals surface area (Å²) in [5, 5.41) is 7.80. The Labute approximate surface area is 149 Å². The molecule has 2 aromatic rings. The number of nitrogens with zero attached hydrogens (tertiary/aromatic N) is 2. The van der Waals surface area contributed by atoms with Gasteiger partial charge in [0.05, 0.1) is 11.4 Å². The average Bonchev–Trinajstić information content (AvgIpc) is 2.99. The molecule has 0 radical (unpaired) electrons. The molecule has 0 bridgehead atoms. The highest BCUT2D eigenvalue weighted by molar-refractivity contribution is 5.92. The van der Waals surface area contributed by atoms with Crippen LogP contribution < -0.4 is 11.1 Å². The second-order valence-corrected chi connectivity index (χ2v) is 7.47. The van der Waals surface area contributed by atoms with Crippen LogP contribution in [-0.2, 0) is 4.79 Å². The molecular weight excluding hydrogens is 312 g/mol. The van der Waals surface area contributed by atoms with E-state index in [4.69, 9.17) is 10.8 Å². The van der Waals surface area contributed by atoms with Crippen molar-refractivity contribution in [1.82, 2.24) is 9.78 Å². The molecule has 1 aliphatic carbocycles. The lowest BCUT2D eigenvalue weighted by atomic mass is 9.85. The third-order valence-electron chi connectivity index (χ3n) is 4.94. The molecule has 1 amide bonds. The van der Waals surface area contributed by atoms with Crippen molar-refractivity contribution in [2.75, 3.05) is 5.32 Å². The van der Waals surface area contributed by atoms with Gasteiger partial charge in [-0.15, -0.1) is 0 Å². The minimum atomic E-state index is -0.00684. The topological polar surface area (TPSA) is 72.9 Å². The minimum Gasteiger partial charge on any atom is -0.328 e. The van der Waals surface area contributed by atoms with Crippen molar-refractivity contribution >= 4 is 11.7 Å². The number of hydrogen-bond acceptors (Lipinski definition) is 3. The highest BCUT2D eigenvalue weighted by atomic mass is 16.2. The molecule has 1 saturated carbocycles. The molecule has 1 aromatic carbocycles. The number of hydrogen-bond donors (Lipinski definition) is 2. The van der Waals surface area contributed by atoms with Gasteiger partial charge in [0.25, 0.3) is 0 Å². The molecule has 1 aromatic heterocycles. The molecule has 5 heteroatoms. The zero-order chi connectivity index (χ0) is 18.0. The van der Waals surface area contributed by atoms with E-state index in [0.29, 0.717) is 5.92 Å². The van der Waals surface area contributed by atoms with Gasteiger partial charge in [0.15, 0.2) is 0 Å². The van der Waals surface area contributed by atoms with Crippen molar-refractivity contribution in [3.8, 4) is 5.69 Å². The smallest absolute Gasteiger partial charge is 0.228 e. The lowest BCUT2D eigenvalue weighted by molar-refractivity contribution is -0.120. The molecule has 1 aliphatic rings. The van der Waals surface area contributed by atoms with Crippen molar-refractivity contribution in [1.29, 1.82) is 0 Å². The quantitative estimate of drug-likeness (QED) is 0.890. The van der Waals surface area contributed by atoms with Gasteiger partial charge < -0.3 is 11.1 Å². The summed E-state index contributed by atoms with van der Waals surface area (Å²) in [4.78, 5) is 12.7. The molecule has 0 saturated heterocycles. The lowest BCUT2D eigenvalue weighted by Gasteiger charge is -2.25. The van der Waals surface area contributed by atoms with E-state index in [0.717, 1.165) is 42.9 Å². The van der Waals surface area contributed by atoms with E-state index < -0.39 is 0 Å². The second-order valence-electron chi connectivity index (χ2n) is 7.47. The SMILES string of the molecule is Cc1ccc(-n2nc(C(C)C)cc2NC(=O)C2CCCC(N)C2)cc1. The number of aryl methyl sites for hydroxylation is 1. The fourth-order valence-electron chi connectivity index (χ4n) is 3.35. The average molecular weight is 340 g/mol. The number of anilines is 1. The first kappa shape index (κ1) is 17.7. The molecule has 0 spiro atoms. The van der Waals surface area contributed by atoms with Gasteiger partial charge in [-0.3, -0.25) is 4.79 Å². The van der Waals surface area contributed by atoms with Crippen molar-refractivity contribution in [3.05, 3.63) is 41.6 Å². The monoisotopic (exact) mass is 340 g/mol. The second kappa shape index (κ2) is 7.40. The molecule has 5 nitrogen and oxygen atoms in total. The fourth-order valence-corrected chi connectivity index (χ4v) is 3.35. The van der Waals surface area contributed by atoms with Crippen LogP contribution in [0.2, 0.25) is 0 Å². The molecule has 1 heterocycles. The van der Waals surface area contributed by atoms with Crippen LogP contribution in [0.5, 0.6) is 0 Å². The van der Waals surface area contributed by atoms with Gasteiger partial charge in [0.1, 0.15) is 5.82 Å². The Morgan fingerprint density at radius 2 is 2.00 bits per heavy atom. The van der Waals surface area contributed by atoms with E-state index in [9.17, 15) is 4.79 Å². The number of aromatic nitrogens is 2. The number of carbonyl (C=O) groups excluding carboxylic acids is 1. The largest absolute Gasteiger partial charge is 0.328 e. The van der Waals surface area contributed by atoms with Crippen LogP contribution in [0.1, 0.15) is 56.7 Å². The van der Waals surface area contributed by atoms with Gasteiger partial charge >= 0.3 is 0 Å². The maximum Gasteiger partial charge on any atom is 0.228 e. The summed E-state index contributed by atoms with van der Waals surface area (Å²) in [5.41, 5.74) is 9.15. The molecule has 3 rings (SSSR count). The van der Waals surface area contributed by atoms with Crippen LogP contribution in [0.15, 0.2) is 30.3 Å². The number of amides is 1. The van der Waals surface area contributed by atoms with Crippen LogP contribution in [-0.4, -0.2) is 21.7 Å². The molecular formula is C20H28N4O. The first-order valence-electron chi connectivity index (χ1n) is 9.17. The van der Waals surface area contributed by atoms with E-state index in [1.807, 2.05) is 22.9 Å². The highest BCUT2D eigenvalue weighted by Crippen LogP contribution is 2.27. The van der Waals surface area contributed by atoms with E-state index in [2.05, 4.69) is 38.2 Å². The van der Waals surface area contributed by atoms with E-state index >= 15 is 0 Å². The first-order chi connectivity index (χ1) is 11.9. The lowest BCUT2D eigenvalue weighted by Crippen LogP contribution is -2.34. The molecule has 0 aliphatic heterocycles. The van der Waals surface area contributed by atoms with Gasteiger partial charge in [-0.2, -0.15) is 5.10 Å². The molecule has 2 atom stereocenters. The van der Waals surface area contributed by atoms with Crippen LogP contribution in [0.4, 0.5) is 5.82 Å². The van der Waals surface area contributed by atoms with E-state index in [1.54, 1.807) is 0 Å². The number of benzene rings is 1. The zero-order valence-electron chi connectivity index (χ0n) is 15.3. The van der Waals surface area contributed by atoms with Crippen LogP contribution >= 0.6 is 0 Å². The molecule has 3 N–H and O–H groups in total. The summed E-state index contributed by atoms with van der Waals surface area (Å²) in [7, 11) is 0. The number of nitrogens with one attached hydrogen (secondary N) is 1. The van der Waals surface area contributed by atoms with E-state index in [1.165, 1.54) is 5.56 Å². The predicted molar refractivity (Wildman–Crippen MR) is 101 cm³/mol. The van der Waals surface area contributed by atoms with Crippen molar-refractivity contribution in [2.24, 2.45) is 11.7 Å². The first-order valence-corrected chi connectivity index (χ1v) is 9.17. The van der Waals surface area contributed by atoms with Crippen molar-refractivity contribution < 1.29 is 4.79 Å². The van der Waals surface area contributed by atoms with Crippen LogP contribution in [0, 0.1) is 12.8 Å². The summed E-state index contributed by atoms with van der Waals surface area (Å²) in [5.74, 6) is 1.08. The minimum absolute atomic E-state index is 0.00684. The summed E-state index contributed by atoms with van der Waals surface area (Å²) < 4.78 is 1.83. The molecule has 25 heavy (non-hydrogen) atoms. The van der Waals surface area contributed by atoms with Gasteiger partial charge in [0, 0.05) is 18.0 Å². The van der Waals surface area contributed by atoms with Gasteiger partial charge in [-0.05, 0) is 44.2 Å². The Hall–Kier alpha value is -2.14. The van der Waals surface area contributed by atoms with Crippen molar-refractivity contribution in [3.63, 3.8) is 0 Å². The highest BCUT2D eigenvalue weighted by Gasteiger charge is 2.26. The van der Waals surface area contributed by atoms with Crippen LogP contribution in [0.3, 0.4) is 0 Å². The Morgan fingerprint density at radius 3 is 2.64 bits per heavy atom. The Balaban J connectivity index is 1.86. The molecule has 134 valence electrons. The predicted octanol–water partition coefficient (Wildman–Crippen LogP) is 3.76. The standard InChI is InChI=1S/C20H28N4O/c1-13(2)18-12-19(22-20(25)15-5-4-6-16(21)11-15)24(23-18)17-9-7-14(3)8-10-17/h7-10,12-13,15-16H,4-6,11,21H2,1-3H3,(H,22,25). The molecule has 1 fully saturated rings. The number of carbonyl (C=O) groups is 1. The Kier molecular flexibility index (Phi) is 5.23.